The predicted octanol–water partition coefficient (Wildman–Crippen LogP) is 2.77. The molecule has 0 atom stereocenters. The first-order valence-electron chi connectivity index (χ1n) is 9.19. The van der Waals surface area contributed by atoms with Crippen LogP contribution in [0, 0.1) is 6.92 Å². The first-order valence-corrected chi connectivity index (χ1v) is 9.19. The number of aliphatic hydroxyl groups excluding tert-OH is 1. The zero-order valence-electron chi connectivity index (χ0n) is 15.8. The smallest absolute Gasteiger partial charge is 0.264 e. The lowest BCUT2D eigenvalue weighted by molar-refractivity contribution is 0.0729. The quantitative estimate of drug-likeness (QED) is 0.663. The number of aromatic nitrogens is 2. The Morgan fingerprint density at radius 1 is 1.11 bits per heavy atom. The van der Waals surface area contributed by atoms with Gasteiger partial charge in [0, 0.05) is 31.5 Å². The van der Waals surface area contributed by atoms with E-state index in [9.17, 15) is 9.59 Å². The van der Waals surface area contributed by atoms with Gasteiger partial charge in [-0.2, -0.15) is 0 Å². The zero-order valence-corrected chi connectivity index (χ0v) is 15.8. The molecule has 144 valence electrons. The highest BCUT2D eigenvalue weighted by molar-refractivity contribution is 5.93. The number of benzene rings is 2. The number of hydrogen-bond acceptors (Lipinski definition) is 4. The molecule has 0 saturated heterocycles. The van der Waals surface area contributed by atoms with Gasteiger partial charge in [-0.3, -0.25) is 9.59 Å². The Morgan fingerprint density at radius 2 is 1.82 bits per heavy atom. The summed E-state index contributed by atoms with van der Waals surface area (Å²) in [6.07, 6.45) is 1.76. The summed E-state index contributed by atoms with van der Waals surface area (Å²) < 4.78 is 0. The van der Waals surface area contributed by atoms with Crippen molar-refractivity contribution in [1.82, 2.24) is 14.9 Å². The van der Waals surface area contributed by atoms with Crippen LogP contribution in [-0.4, -0.2) is 39.0 Å². The van der Waals surface area contributed by atoms with Crippen molar-refractivity contribution in [2.75, 3.05) is 13.2 Å². The number of H-pyrrole nitrogens is 1. The third kappa shape index (κ3) is 4.72. The topological polar surface area (TPSA) is 86.3 Å². The van der Waals surface area contributed by atoms with Crippen molar-refractivity contribution in [3.8, 4) is 11.4 Å². The third-order valence-corrected chi connectivity index (χ3v) is 4.44. The van der Waals surface area contributed by atoms with Crippen molar-refractivity contribution in [3.05, 3.63) is 87.8 Å². The maximum Gasteiger partial charge on any atom is 0.264 e. The normalized spacial score (nSPS) is 10.6. The molecule has 2 aromatic carbocycles. The summed E-state index contributed by atoms with van der Waals surface area (Å²) >= 11 is 0. The van der Waals surface area contributed by atoms with E-state index in [0.717, 1.165) is 16.7 Å². The molecule has 0 aliphatic heterocycles. The van der Waals surface area contributed by atoms with Gasteiger partial charge in [0.2, 0.25) is 0 Å². The van der Waals surface area contributed by atoms with Crippen LogP contribution in [0.4, 0.5) is 0 Å². The van der Waals surface area contributed by atoms with Crippen LogP contribution in [0.25, 0.3) is 11.4 Å². The monoisotopic (exact) mass is 377 g/mol. The van der Waals surface area contributed by atoms with Gasteiger partial charge in [-0.15, -0.1) is 0 Å². The summed E-state index contributed by atoms with van der Waals surface area (Å²) in [7, 11) is 0. The average Bonchev–Trinajstić information content (AvgIpc) is 2.72. The molecule has 1 heterocycles. The molecule has 3 aromatic rings. The van der Waals surface area contributed by atoms with Crippen molar-refractivity contribution < 1.29 is 9.90 Å². The standard InChI is InChI=1S/C22H23N3O3/c1-16-8-10-18(11-9-16)20-23-14-19(21(27)24-20)22(28)25(12-5-13-26)15-17-6-3-2-4-7-17/h2-4,6-11,14,26H,5,12-13,15H2,1H3,(H,23,24,27). The van der Waals surface area contributed by atoms with Crippen molar-refractivity contribution >= 4 is 5.91 Å². The van der Waals surface area contributed by atoms with E-state index in [1.54, 1.807) is 4.90 Å². The lowest BCUT2D eigenvalue weighted by Gasteiger charge is -2.22. The van der Waals surface area contributed by atoms with Crippen molar-refractivity contribution in [2.24, 2.45) is 0 Å². The number of aromatic amines is 1. The molecule has 6 nitrogen and oxygen atoms in total. The first kappa shape index (κ1) is 19.5. The number of aliphatic hydroxyl groups is 1. The molecule has 0 fully saturated rings. The van der Waals surface area contributed by atoms with Gasteiger partial charge in [0.15, 0.2) is 0 Å². The number of aryl methyl sites for hydroxylation is 1. The van der Waals surface area contributed by atoms with Gasteiger partial charge in [0.05, 0.1) is 0 Å². The van der Waals surface area contributed by atoms with Gasteiger partial charge in [0.25, 0.3) is 11.5 Å². The van der Waals surface area contributed by atoms with E-state index in [1.165, 1.54) is 6.20 Å². The second-order valence-electron chi connectivity index (χ2n) is 6.63. The minimum atomic E-state index is -0.474. The van der Waals surface area contributed by atoms with Gasteiger partial charge in [-0.05, 0) is 18.9 Å². The molecule has 3 rings (SSSR count). The number of nitrogens with zero attached hydrogens (tertiary/aromatic N) is 2. The number of rotatable bonds is 7. The van der Waals surface area contributed by atoms with E-state index in [4.69, 9.17) is 5.11 Å². The van der Waals surface area contributed by atoms with Crippen LogP contribution in [0.1, 0.15) is 27.9 Å². The van der Waals surface area contributed by atoms with Crippen molar-refractivity contribution in [2.45, 2.75) is 19.9 Å². The Kier molecular flexibility index (Phi) is 6.34. The summed E-state index contributed by atoms with van der Waals surface area (Å²) in [4.78, 5) is 34.1. The molecule has 6 heteroatoms. The van der Waals surface area contributed by atoms with Crippen LogP contribution in [-0.2, 0) is 6.54 Å². The van der Waals surface area contributed by atoms with Crippen LogP contribution in [0.3, 0.4) is 0 Å². The van der Waals surface area contributed by atoms with Gasteiger partial charge in [0.1, 0.15) is 11.4 Å². The highest BCUT2D eigenvalue weighted by Gasteiger charge is 2.20. The molecule has 0 aliphatic rings. The molecule has 0 aliphatic carbocycles. The summed E-state index contributed by atoms with van der Waals surface area (Å²) in [5.41, 5.74) is 2.36. The van der Waals surface area contributed by atoms with E-state index in [-0.39, 0.29) is 12.2 Å². The second-order valence-corrected chi connectivity index (χ2v) is 6.63. The number of hydrogen-bond donors (Lipinski definition) is 2. The van der Waals surface area contributed by atoms with E-state index in [1.807, 2.05) is 61.5 Å². The van der Waals surface area contributed by atoms with Crippen LogP contribution >= 0.6 is 0 Å². The highest BCUT2D eigenvalue weighted by atomic mass is 16.3. The molecular formula is C22H23N3O3. The zero-order chi connectivity index (χ0) is 19.9. The number of carbonyl (C=O) groups excluding carboxylic acids is 1. The van der Waals surface area contributed by atoms with Crippen LogP contribution in [0.5, 0.6) is 0 Å². The molecule has 0 spiro atoms. The van der Waals surface area contributed by atoms with Crippen LogP contribution < -0.4 is 5.56 Å². The van der Waals surface area contributed by atoms with Gasteiger partial charge < -0.3 is 15.0 Å². The van der Waals surface area contributed by atoms with E-state index < -0.39 is 11.5 Å². The maximum atomic E-state index is 13.0. The summed E-state index contributed by atoms with van der Waals surface area (Å²) in [5.74, 6) is 0.0213. The lowest BCUT2D eigenvalue weighted by atomic mass is 10.1. The molecular weight excluding hydrogens is 354 g/mol. The summed E-state index contributed by atoms with van der Waals surface area (Å²) in [6, 6.07) is 17.2. The van der Waals surface area contributed by atoms with Crippen molar-refractivity contribution in [3.63, 3.8) is 0 Å². The molecule has 0 saturated carbocycles. The van der Waals surface area contributed by atoms with Crippen molar-refractivity contribution in [1.29, 1.82) is 0 Å². The van der Waals surface area contributed by atoms with Gasteiger partial charge >= 0.3 is 0 Å². The van der Waals surface area contributed by atoms with Gasteiger partial charge in [-0.25, -0.2) is 4.98 Å². The fourth-order valence-corrected chi connectivity index (χ4v) is 2.89. The lowest BCUT2D eigenvalue weighted by Crippen LogP contribution is -2.35. The fourth-order valence-electron chi connectivity index (χ4n) is 2.89. The molecule has 0 radical (unpaired) electrons. The molecule has 2 N–H and O–H groups in total. The Labute approximate surface area is 163 Å². The largest absolute Gasteiger partial charge is 0.396 e. The number of amides is 1. The minimum Gasteiger partial charge on any atom is -0.396 e. The van der Waals surface area contributed by atoms with E-state index in [0.29, 0.717) is 25.3 Å². The molecule has 28 heavy (non-hydrogen) atoms. The predicted molar refractivity (Wildman–Crippen MR) is 108 cm³/mol. The SMILES string of the molecule is Cc1ccc(-c2ncc(C(=O)N(CCCO)Cc3ccccc3)c(=O)[nH]2)cc1. The Bertz CT molecular complexity index is 982. The van der Waals surface area contributed by atoms with Crippen LogP contribution in [0.15, 0.2) is 65.6 Å². The molecule has 1 amide bonds. The highest BCUT2D eigenvalue weighted by Crippen LogP contribution is 2.15. The first-order chi connectivity index (χ1) is 13.6. The molecule has 0 bridgehead atoms. The molecule has 0 unspecified atom stereocenters. The molecule has 1 aromatic heterocycles. The van der Waals surface area contributed by atoms with Crippen LogP contribution in [0.2, 0.25) is 0 Å². The van der Waals surface area contributed by atoms with Gasteiger partial charge in [-0.1, -0.05) is 60.2 Å². The number of carbonyl (C=O) groups is 1. The Balaban J connectivity index is 1.85. The fraction of sp³-hybridized carbons (Fsp3) is 0.227. The summed E-state index contributed by atoms with van der Waals surface area (Å²) in [5, 5.41) is 9.15. The average molecular weight is 377 g/mol. The van der Waals surface area contributed by atoms with E-state index >= 15 is 0 Å². The third-order valence-electron chi connectivity index (χ3n) is 4.44. The second kappa shape index (κ2) is 9.10. The minimum absolute atomic E-state index is 0.00951. The number of nitrogens with one attached hydrogen (secondary N) is 1. The Morgan fingerprint density at radius 3 is 2.46 bits per heavy atom. The van der Waals surface area contributed by atoms with E-state index in [2.05, 4.69) is 9.97 Å². The Hall–Kier alpha value is -3.25. The summed E-state index contributed by atoms with van der Waals surface area (Å²) in [6.45, 7) is 2.66. The maximum absolute atomic E-state index is 13.0.